The van der Waals surface area contributed by atoms with Crippen molar-refractivity contribution in [3.63, 3.8) is 0 Å². The van der Waals surface area contributed by atoms with Gasteiger partial charge in [-0.05, 0) is 69.4 Å². The van der Waals surface area contributed by atoms with Crippen molar-refractivity contribution in [3.8, 4) is 28.5 Å². The van der Waals surface area contributed by atoms with E-state index in [0.717, 1.165) is 34.9 Å². The van der Waals surface area contributed by atoms with Gasteiger partial charge in [0.25, 0.3) is 0 Å². The second-order valence-corrected chi connectivity index (χ2v) is 9.30. The van der Waals surface area contributed by atoms with Gasteiger partial charge in [-0.1, -0.05) is 85.8 Å². The number of hydrogen-bond donors (Lipinski definition) is 0. The van der Waals surface area contributed by atoms with Crippen LogP contribution in [0.2, 0.25) is 0 Å². The minimum absolute atomic E-state index is 0.767. The lowest BCUT2D eigenvalue weighted by Gasteiger charge is -2.15. The molecule has 0 atom stereocenters. The molecule has 0 amide bonds. The Hall–Kier alpha value is -3.20. The lowest BCUT2D eigenvalue weighted by Crippen LogP contribution is -2.06. The second-order valence-electron chi connectivity index (χ2n) is 9.30. The van der Waals surface area contributed by atoms with Crippen LogP contribution in [0.15, 0.2) is 60.7 Å². The van der Waals surface area contributed by atoms with Gasteiger partial charge in [-0.25, -0.2) is 9.67 Å². The quantitative estimate of drug-likeness (QED) is 0.262. The van der Waals surface area contributed by atoms with Gasteiger partial charge in [0, 0.05) is 11.1 Å². The van der Waals surface area contributed by atoms with E-state index in [9.17, 15) is 0 Å². The van der Waals surface area contributed by atoms with Crippen molar-refractivity contribution in [2.75, 3.05) is 0 Å². The number of aromatic nitrogens is 3. The lowest BCUT2D eigenvalue weighted by molar-refractivity contribution is 0.666. The predicted octanol–water partition coefficient (Wildman–Crippen LogP) is 7.96. The highest BCUT2D eigenvalue weighted by molar-refractivity contribution is 5.66. The van der Waals surface area contributed by atoms with E-state index < -0.39 is 0 Å². The summed E-state index contributed by atoms with van der Waals surface area (Å²) in [4.78, 5) is 5.04. The van der Waals surface area contributed by atoms with Crippen molar-refractivity contribution < 1.29 is 0 Å². The average molecular weight is 438 g/mol. The molecule has 3 heteroatoms. The molecule has 1 heterocycles. The van der Waals surface area contributed by atoms with Crippen molar-refractivity contribution in [3.05, 3.63) is 88.5 Å². The van der Waals surface area contributed by atoms with E-state index in [1.54, 1.807) is 0 Å². The summed E-state index contributed by atoms with van der Waals surface area (Å²) in [7, 11) is 0. The van der Waals surface area contributed by atoms with E-state index in [0.29, 0.717) is 0 Å². The Balaban J connectivity index is 1.80. The molecule has 3 nitrogen and oxygen atoms in total. The molecule has 170 valence electrons. The summed E-state index contributed by atoms with van der Waals surface area (Å²) in [6.45, 7) is 10.9. The molecule has 0 bridgehead atoms. The van der Waals surface area contributed by atoms with Crippen LogP contribution >= 0.6 is 0 Å². The van der Waals surface area contributed by atoms with Gasteiger partial charge in [-0.2, -0.15) is 0 Å². The summed E-state index contributed by atoms with van der Waals surface area (Å²) < 4.78 is 2.05. The van der Waals surface area contributed by atoms with Crippen molar-refractivity contribution in [1.29, 1.82) is 0 Å². The van der Waals surface area contributed by atoms with E-state index >= 15 is 0 Å². The fourth-order valence-corrected chi connectivity index (χ4v) is 4.75. The van der Waals surface area contributed by atoms with Gasteiger partial charge in [0.05, 0.1) is 5.69 Å². The van der Waals surface area contributed by atoms with E-state index in [1.807, 2.05) is 10.7 Å². The molecule has 0 N–H and O–H groups in total. The molecule has 4 rings (SSSR count). The van der Waals surface area contributed by atoms with Crippen LogP contribution < -0.4 is 0 Å². The fourth-order valence-electron chi connectivity index (χ4n) is 4.75. The van der Waals surface area contributed by atoms with E-state index in [2.05, 4.69) is 89.2 Å². The fraction of sp³-hybridized carbons (Fsp3) is 0.333. The molecule has 0 aliphatic heterocycles. The monoisotopic (exact) mass is 437 g/mol. The third kappa shape index (κ3) is 5.24. The molecular formula is C30H35N3. The predicted molar refractivity (Wildman–Crippen MR) is 139 cm³/mol. The maximum atomic E-state index is 5.05. The summed E-state index contributed by atoms with van der Waals surface area (Å²) in [5, 5.41) is 5.05. The normalized spacial score (nSPS) is 11.2. The van der Waals surface area contributed by atoms with Crippen molar-refractivity contribution in [1.82, 2.24) is 14.8 Å². The first kappa shape index (κ1) is 23.0. The van der Waals surface area contributed by atoms with Crippen LogP contribution in [0.1, 0.15) is 60.4 Å². The Labute approximate surface area is 198 Å². The van der Waals surface area contributed by atoms with Crippen LogP contribution in [0.25, 0.3) is 28.5 Å². The summed E-state index contributed by atoms with van der Waals surface area (Å²) >= 11 is 0. The topological polar surface area (TPSA) is 30.7 Å². The molecule has 0 saturated heterocycles. The minimum atomic E-state index is 0.767. The lowest BCUT2D eigenvalue weighted by atomic mass is 9.99. The smallest absolute Gasteiger partial charge is 0.182 e. The zero-order chi connectivity index (χ0) is 23.4. The number of aryl methyl sites for hydroxylation is 5. The molecule has 0 spiro atoms. The van der Waals surface area contributed by atoms with Crippen LogP contribution in [0.5, 0.6) is 0 Å². The van der Waals surface area contributed by atoms with E-state index in [-0.39, 0.29) is 0 Å². The van der Waals surface area contributed by atoms with Gasteiger partial charge in [0.15, 0.2) is 11.6 Å². The first-order valence-corrected chi connectivity index (χ1v) is 12.2. The number of nitrogens with zero attached hydrogens (tertiary/aromatic N) is 3. The highest BCUT2D eigenvalue weighted by atomic mass is 15.4. The Morgan fingerprint density at radius 1 is 0.727 bits per heavy atom. The third-order valence-corrected chi connectivity index (χ3v) is 6.20. The molecule has 0 radical (unpaired) electrons. The maximum absolute atomic E-state index is 5.05. The Bertz CT molecular complexity index is 1190. The molecule has 0 saturated carbocycles. The molecule has 4 aromatic rings. The summed E-state index contributed by atoms with van der Waals surface area (Å²) in [6.07, 6.45) is 6.28. The van der Waals surface area contributed by atoms with Gasteiger partial charge >= 0.3 is 0 Å². The van der Waals surface area contributed by atoms with Gasteiger partial charge < -0.3 is 0 Å². The van der Waals surface area contributed by atoms with E-state index in [1.165, 1.54) is 53.5 Å². The number of rotatable bonds is 8. The Morgan fingerprint density at radius 2 is 1.39 bits per heavy atom. The Morgan fingerprint density at radius 3 is 2.03 bits per heavy atom. The molecule has 0 aliphatic carbocycles. The van der Waals surface area contributed by atoms with Gasteiger partial charge in [-0.3, -0.25) is 0 Å². The first-order chi connectivity index (χ1) is 16.0. The highest BCUT2D eigenvalue weighted by Crippen LogP contribution is 2.30. The molecular weight excluding hydrogens is 402 g/mol. The van der Waals surface area contributed by atoms with Gasteiger partial charge in [-0.15, -0.1) is 5.10 Å². The third-order valence-electron chi connectivity index (χ3n) is 6.20. The van der Waals surface area contributed by atoms with Crippen LogP contribution in [-0.2, 0) is 6.42 Å². The summed E-state index contributed by atoms with van der Waals surface area (Å²) in [6, 6.07) is 21.6. The molecule has 0 aliphatic rings. The van der Waals surface area contributed by atoms with Gasteiger partial charge in [0.2, 0.25) is 0 Å². The van der Waals surface area contributed by atoms with Crippen molar-refractivity contribution in [2.45, 2.75) is 66.7 Å². The second kappa shape index (κ2) is 10.2. The zero-order valence-electron chi connectivity index (χ0n) is 20.7. The largest absolute Gasteiger partial charge is 0.212 e. The minimum Gasteiger partial charge on any atom is -0.212 e. The number of unbranched alkanes of at least 4 members (excludes halogenated alkanes) is 3. The first-order valence-electron chi connectivity index (χ1n) is 12.2. The molecule has 1 aromatic heterocycles. The molecule has 0 unspecified atom stereocenters. The van der Waals surface area contributed by atoms with E-state index in [4.69, 9.17) is 10.1 Å². The van der Waals surface area contributed by atoms with Crippen LogP contribution in [0.4, 0.5) is 0 Å². The number of benzene rings is 3. The maximum Gasteiger partial charge on any atom is 0.182 e. The van der Waals surface area contributed by atoms with Crippen molar-refractivity contribution in [2.24, 2.45) is 0 Å². The number of hydrogen-bond acceptors (Lipinski definition) is 2. The summed E-state index contributed by atoms with van der Waals surface area (Å²) in [5.41, 5.74) is 9.62. The summed E-state index contributed by atoms with van der Waals surface area (Å²) in [5.74, 6) is 1.65. The van der Waals surface area contributed by atoms with Crippen LogP contribution in [0.3, 0.4) is 0 Å². The SMILES string of the molecule is CCCCCCc1cc(C)c(-n2nc(-c3cc(C)cc(C)c3)nc2-c2ccccc2)c(C)c1. The standard InChI is InChI=1S/C30H35N3/c1-6-7-8-10-13-25-19-23(4)28(24(5)20-25)33-30(26-14-11-9-12-15-26)31-29(32-33)27-17-21(2)16-22(3)18-27/h9,11-12,14-20H,6-8,10,13H2,1-5H3. The molecule has 33 heavy (non-hydrogen) atoms. The van der Waals surface area contributed by atoms with Crippen LogP contribution in [0, 0.1) is 27.7 Å². The van der Waals surface area contributed by atoms with Crippen LogP contribution in [-0.4, -0.2) is 14.8 Å². The van der Waals surface area contributed by atoms with Crippen molar-refractivity contribution >= 4 is 0 Å². The molecule has 3 aromatic carbocycles. The average Bonchev–Trinajstić information content (AvgIpc) is 3.21. The molecule has 0 fully saturated rings. The zero-order valence-corrected chi connectivity index (χ0v) is 20.7. The highest BCUT2D eigenvalue weighted by Gasteiger charge is 2.18. The van der Waals surface area contributed by atoms with Gasteiger partial charge in [0.1, 0.15) is 0 Å². The Kier molecular flexibility index (Phi) is 7.08.